The van der Waals surface area contributed by atoms with Crippen LogP contribution in [0.3, 0.4) is 0 Å². The van der Waals surface area contributed by atoms with E-state index in [1.54, 1.807) is 0 Å². The standard InChI is InChI=1S/C11H23N/c1-6-9(3)8-10(4)11(5)12-7-2/h6,10-12H,7-8H2,1-5H3. The summed E-state index contributed by atoms with van der Waals surface area (Å²) in [6.07, 6.45) is 3.42. The van der Waals surface area contributed by atoms with E-state index in [9.17, 15) is 0 Å². The number of hydrogen-bond donors (Lipinski definition) is 1. The van der Waals surface area contributed by atoms with Crippen LogP contribution in [-0.2, 0) is 0 Å². The summed E-state index contributed by atoms with van der Waals surface area (Å²) in [7, 11) is 0. The van der Waals surface area contributed by atoms with E-state index in [4.69, 9.17) is 0 Å². The summed E-state index contributed by atoms with van der Waals surface area (Å²) in [6, 6.07) is 0.630. The van der Waals surface area contributed by atoms with Crippen molar-refractivity contribution in [1.29, 1.82) is 0 Å². The summed E-state index contributed by atoms with van der Waals surface area (Å²) in [5.41, 5.74) is 1.49. The lowest BCUT2D eigenvalue weighted by Crippen LogP contribution is -2.31. The molecule has 0 aliphatic heterocycles. The van der Waals surface area contributed by atoms with Crippen LogP contribution in [0.4, 0.5) is 0 Å². The van der Waals surface area contributed by atoms with Crippen LogP contribution in [0.2, 0.25) is 0 Å². The fourth-order valence-electron chi connectivity index (χ4n) is 1.33. The molecule has 0 amide bonds. The van der Waals surface area contributed by atoms with Crippen LogP contribution < -0.4 is 5.32 Å². The maximum absolute atomic E-state index is 3.45. The van der Waals surface area contributed by atoms with Crippen LogP contribution in [0.15, 0.2) is 11.6 Å². The van der Waals surface area contributed by atoms with Crippen LogP contribution >= 0.6 is 0 Å². The first-order valence-corrected chi connectivity index (χ1v) is 4.97. The van der Waals surface area contributed by atoms with Crippen molar-refractivity contribution in [3.8, 4) is 0 Å². The van der Waals surface area contributed by atoms with Gasteiger partial charge in [0.05, 0.1) is 0 Å². The van der Waals surface area contributed by atoms with Gasteiger partial charge in [0.2, 0.25) is 0 Å². The molecule has 72 valence electrons. The molecule has 2 atom stereocenters. The first kappa shape index (κ1) is 11.7. The number of allylic oxidation sites excluding steroid dienone is 2. The molecule has 1 N–H and O–H groups in total. The Kier molecular flexibility index (Phi) is 6.09. The van der Waals surface area contributed by atoms with Crippen molar-refractivity contribution in [2.24, 2.45) is 5.92 Å². The third-order valence-electron chi connectivity index (χ3n) is 2.52. The maximum atomic E-state index is 3.45. The molecule has 0 aromatic carbocycles. The van der Waals surface area contributed by atoms with Crippen molar-refractivity contribution in [3.63, 3.8) is 0 Å². The van der Waals surface area contributed by atoms with Crippen molar-refractivity contribution >= 4 is 0 Å². The Morgan fingerprint density at radius 2 is 2.00 bits per heavy atom. The predicted molar refractivity (Wildman–Crippen MR) is 56.4 cm³/mol. The highest BCUT2D eigenvalue weighted by Gasteiger charge is 2.10. The molecule has 0 radical (unpaired) electrons. The fraction of sp³-hybridized carbons (Fsp3) is 0.818. The Bertz CT molecular complexity index is 138. The molecule has 1 heteroatoms. The van der Waals surface area contributed by atoms with Gasteiger partial charge >= 0.3 is 0 Å². The van der Waals surface area contributed by atoms with Crippen molar-refractivity contribution in [2.75, 3.05) is 6.54 Å². The zero-order chi connectivity index (χ0) is 9.56. The van der Waals surface area contributed by atoms with Gasteiger partial charge in [-0.1, -0.05) is 25.5 Å². The predicted octanol–water partition coefficient (Wildman–Crippen LogP) is 2.98. The summed E-state index contributed by atoms with van der Waals surface area (Å²) >= 11 is 0. The molecule has 12 heavy (non-hydrogen) atoms. The average molecular weight is 169 g/mol. The second-order valence-electron chi connectivity index (χ2n) is 3.66. The molecule has 0 aliphatic rings. The number of nitrogens with one attached hydrogen (secondary N) is 1. The van der Waals surface area contributed by atoms with E-state index in [1.165, 1.54) is 12.0 Å². The fourth-order valence-corrected chi connectivity index (χ4v) is 1.33. The van der Waals surface area contributed by atoms with E-state index in [2.05, 4.69) is 46.0 Å². The Hall–Kier alpha value is -0.300. The van der Waals surface area contributed by atoms with Crippen LogP contribution in [-0.4, -0.2) is 12.6 Å². The minimum absolute atomic E-state index is 0.630. The van der Waals surface area contributed by atoms with Gasteiger partial charge in [0.1, 0.15) is 0 Å². The van der Waals surface area contributed by atoms with Gasteiger partial charge in [-0.2, -0.15) is 0 Å². The van der Waals surface area contributed by atoms with Crippen molar-refractivity contribution in [2.45, 2.75) is 47.1 Å². The first-order chi connectivity index (χ1) is 5.61. The van der Waals surface area contributed by atoms with E-state index in [0.717, 1.165) is 12.5 Å². The summed E-state index contributed by atoms with van der Waals surface area (Å²) in [6.45, 7) is 12.1. The molecule has 0 saturated carbocycles. The highest BCUT2D eigenvalue weighted by atomic mass is 14.9. The second kappa shape index (κ2) is 6.24. The second-order valence-corrected chi connectivity index (χ2v) is 3.66. The lowest BCUT2D eigenvalue weighted by atomic mass is 9.95. The van der Waals surface area contributed by atoms with Gasteiger partial charge in [-0.05, 0) is 39.7 Å². The Morgan fingerprint density at radius 3 is 2.42 bits per heavy atom. The van der Waals surface area contributed by atoms with Crippen molar-refractivity contribution < 1.29 is 0 Å². The minimum atomic E-state index is 0.630. The van der Waals surface area contributed by atoms with Crippen molar-refractivity contribution in [1.82, 2.24) is 5.32 Å². The number of hydrogen-bond acceptors (Lipinski definition) is 1. The molecule has 0 aromatic rings. The Labute approximate surface area is 77.2 Å². The van der Waals surface area contributed by atoms with E-state index in [0.29, 0.717) is 6.04 Å². The van der Waals surface area contributed by atoms with Crippen LogP contribution in [0, 0.1) is 5.92 Å². The zero-order valence-corrected chi connectivity index (χ0v) is 9.15. The van der Waals surface area contributed by atoms with Gasteiger partial charge in [-0.25, -0.2) is 0 Å². The zero-order valence-electron chi connectivity index (χ0n) is 9.15. The molecule has 1 nitrogen and oxygen atoms in total. The maximum Gasteiger partial charge on any atom is 0.00673 e. The SMILES string of the molecule is CC=C(C)CC(C)C(C)NCC. The van der Waals surface area contributed by atoms with Gasteiger partial charge in [0.15, 0.2) is 0 Å². The third kappa shape index (κ3) is 4.55. The smallest absolute Gasteiger partial charge is 0.00673 e. The monoisotopic (exact) mass is 169 g/mol. The Morgan fingerprint density at radius 1 is 1.42 bits per heavy atom. The van der Waals surface area contributed by atoms with Gasteiger partial charge in [0.25, 0.3) is 0 Å². The van der Waals surface area contributed by atoms with Crippen LogP contribution in [0.25, 0.3) is 0 Å². The van der Waals surface area contributed by atoms with Crippen molar-refractivity contribution in [3.05, 3.63) is 11.6 Å². The molecule has 0 heterocycles. The average Bonchev–Trinajstić information content (AvgIpc) is 2.04. The summed E-state index contributed by atoms with van der Waals surface area (Å²) < 4.78 is 0. The van der Waals surface area contributed by atoms with E-state index >= 15 is 0 Å². The molecule has 2 unspecified atom stereocenters. The first-order valence-electron chi connectivity index (χ1n) is 4.97. The Balaban J connectivity index is 3.77. The molecular weight excluding hydrogens is 146 g/mol. The van der Waals surface area contributed by atoms with Crippen LogP contribution in [0.1, 0.15) is 41.0 Å². The molecule has 0 aliphatic carbocycles. The molecule has 0 saturated heterocycles. The largest absolute Gasteiger partial charge is 0.314 e. The molecule has 0 aromatic heterocycles. The molecule has 0 spiro atoms. The van der Waals surface area contributed by atoms with Crippen LogP contribution in [0.5, 0.6) is 0 Å². The van der Waals surface area contributed by atoms with Gasteiger partial charge in [-0.3, -0.25) is 0 Å². The minimum Gasteiger partial charge on any atom is -0.314 e. The quantitative estimate of drug-likeness (QED) is 0.624. The molecular formula is C11H23N. The third-order valence-corrected chi connectivity index (χ3v) is 2.52. The lowest BCUT2D eigenvalue weighted by molar-refractivity contribution is 0.405. The summed E-state index contributed by atoms with van der Waals surface area (Å²) in [5, 5.41) is 3.45. The van der Waals surface area contributed by atoms with E-state index < -0.39 is 0 Å². The molecule has 0 fully saturated rings. The summed E-state index contributed by atoms with van der Waals surface area (Å²) in [5.74, 6) is 0.737. The molecule has 0 bridgehead atoms. The highest BCUT2D eigenvalue weighted by molar-refractivity contribution is 4.97. The van der Waals surface area contributed by atoms with Gasteiger partial charge in [-0.15, -0.1) is 0 Å². The normalized spacial score (nSPS) is 17.6. The number of rotatable bonds is 5. The van der Waals surface area contributed by atoms with E-state index in [1.807, 2.05) is 0 Å². The van der Waals surface area contributed by atoms with Gasteiger partial charge < -0.3 is 5.32 Å². The summed E-state index contributed by atoms with van der Waals surface area (Å²) in [4.78, 5) is 0. The highest BCUT2D eigenvalue weighted by Crippen LogP contribution is 2.14. The van der Waals surface area contributed by atoms with Gasteiger partial charge in [0, 0.05) is 6.04 Å². The van der Waals surface area contributed by atoms with E-state index in [-0.39, 0.29) is 0 Å². The lowest BCUT2D eigenvalue weighted by Gasteiger charge is -2.20. The molecule has 0 rings (SSSR count). The topological polar surface area (TPSA) is 12.0 Å².